The van der Waals surface area contributed by atoms with Crippen molar-refractivity contribution < 1.29 is 18.8 Å². The normalized spacial score (nSPS) is 17.8. The highest BCUT2D eigenvalue weighted by molar-refractivity contribution is 5.96. The van der Waals surface area contributed by atoms with Crippen LogP contribution in [-0.4, -0.2) is 45.0 Å². The SMILES string of the molecule is O=C1CCN(Cc2ccncc2)C(=O)N1Cc1noc2c1COCC2. The van der Waals surface area contributed by atoms with Gasteiger partial charge in [0.2, 0.25) is 5.91 Å². The Bertz CT molecular complexity index is 789. The van der Waals surface area contributed by atoms with E-state index in [-0.39, 0.29) is 18.5 Å². The number of urea groups is 1. The van der Waals surface area contributed by atoms with E-state index in [9.17, 15) is 9.59 Å². The van der Waals surface area contributed by atoms with Crippen molar-refractivity contribution in [3.05, 3.63) is 47.1 Å². The molecular formula is C17H18N4O4. The lowest BCUT2D eigenvalue weighted by molar-refractivity contribution is -0.131. The van der Waals surface area contributed by atoms with E-state index in [1.807, 2.05) is 12.1 Å². The summed E-state index contributed by atoms with van der Waals surface area (Å²) in [7, 11) is 0. The minimum atomic E-state index is -0.304. The first-order chi connectivity index (χ1) is 12.2. The third-order valence-electron chi connectivity index (χ3n) is 4.50. The van der Waals surface area contributed by atoms with Crippen LogP contribution in [-0.2, 0) is 35.6 Å². The minimum absolute atomic E-state index is 0.118. The zero-order valence-corrected chi connectivity index (χ0v) is 13.7. The fourth-order valence-electron chi connectivity index (χ4n) is 3.10. The number of rotatable bonds is 4. The Balaban J connectivity index is 1.51. The van der Waals surface area contributed by atoms with Gasteiger partial charge in [-0.2, -0.15) is 0 Å². The first kappa shape index (κ1) is 15.8. The Morgan fingerprint density at radius 2 is 1.96 bits per heavy atom. The molecule has 8 heteroatoms. The maximum atomic E-state index is 12.8. The topological polar surface area (TPSA) is 88.8 Å². The highest BCUT2D eigenvalue weighted by atomic mass is 16.5. The van der Waals surface area contributed by atoms with Crippen molar-refractivity contribution in [2.45, 2.75) is 32.5 Å². The second kappa shape index (κ2) is 6.64. The number of hydrogen-bond donors (Lipinski definition) is 0. The van der Waals surface area contributed by atoms with Gasteiger partial charge in [0.05, 0.1) is 19.8 Å². The predicted octanol–water partition coefficient (Wildman–Crippen LogP) is 1.50. The molecule has 4 rings (SSSR count). The first-order valence-corrected chi connectivity index (χ1v) is 8.24. The van der Waals surface area contributed by atoms with E-state index in [2.05, 4.69) is 10.1 Å². The Hall–Kier alpha value is -2.74. The minimum Gasteiger partial charge on any atom is -0.376 e. The maximum Gasteiger partial charge on any atom is 0.327 e. The summed E-state index contributed by atoms with van der Waals surface area (Å²) in [5.41, 5.74) is 2.44. The van der Waals surface area contributed by atoms with Gasteiger partial charge >= 0.3 is 6.03 Å². The Morgan fingerprint density at radius 1 is 1.12 bits per heavy atom. The van der Waals surface area contributed by atoms with E-state index in [1.54, 1.807) is 17.3 Å². The molecule has 1 saturated heterocycles. The van der Waals surface area contributed by atoms with Gasteiger partial charge in [-0.3, -0.25) is 14.7 Å². The number of pyridine rings is 1. The molecule has 4 heterocycles. The average molecular weight is 342 g/mol. The quantitative estimate of drug-likeness (QED) is 0.836. The van der Waals surface area contributed by atoms with E-state index in [0.29, 0.717) is 44.8 Å². The summed E-state index contributed by atoms with van der Waals surface area (Å²) >= 11 is 0. The second-order valence-corrected chi connectivity index (χ2v) is 6.12. The van der Waals surface area contributed by atoms with E-state index in [0.717, 1.165) is 16.9 Å². The highest BCUT2D eigenvalue weighted by Crippen LogP contribution is 2.23. The van der Waals surface area contributed by atoms with Crippen molar-refractivity contribution >= 4 is 11.9 Å². The monoisotopic (exact) mass is 342 g/mol. The van der Waals surface area contributed by atoms with Crippen LogP contribution in [0.5, 0.6) is 0 Å². The van der Waals surface area contributed by atoms with Crippen LogP contribution in [0.4, 0.5) is 4.79 Å². The number of ether oxygens (including phenoxy) is 1. The lowest BCUT2D eigenvalue weighted by atomic mass is 10.1. The molecular weight excluding hydrogens is 324 g/mol. The molecule has 3 amide bonds. The van der Waals surface area contributed by atoms with Gasteiger partial charge < -0.3 is 14.2 Å². The van der Waals surface area contributed by atoms with Gasteiger partial charge in [0.25, 0.3) is 0 Å². The number of hydrogen-bond acceptors (Lipinski definition) is 6. The molecule has 2 aromatic rings. The van der Waals surface area contributed by atoms with Gasteiger partial charge in [-0.25, -0.2) is 4.79 Å². The van der Waals surface area contributed by atoms with Gasteiger partial charge in [-0.05, 0) is 17.7 Å². The van der Waals surface area contributed by atoms with Crippen molar-refractivity contribution in [2.24, 2.45) is 0 Å². The Morgan fingerprint density at radius 3 is 2.80 bits per heavy atom. The van der Waals surface area contributed by atoms with E-state index in [1.165, 1.54) is 4.90 Å². The predicted molar refractivity (Wildman–Crippen MR) is 85.1 cm³/mol. The standard InChI is InChI=1S/C17H18N4O4/c22-16-3-7-20(9-12-1-5-18-6-2-12)17(23)21(16)10-14-13-11-24-8-4-15(13)25-19-14/h1-2,5-6H,3-4,7-11H2. The smallest absolute Gasteiger partial charge is 0.327 e. The van der Waals surface area contributed by atoms with Crippen LogP contribution in [0.3, 0.4) is 0 Å². The van der Waals surface area contributed by atoms with Gasteiger partial charge in [0.15, 0.2) is 0 Å². The molecule has 1 fully saturated rings. The number of aromatic nitrogens is 2. The summed E-state index contributed by atoms with van der Waals surface area (Å²) in [6, 6.07) is 3.42. The Labute approximate surface area is 144 Å². The van der Waals surface area contributed by atoms with Crippen LogP contribution in [0.1, 0.15) is 29.0 Å². The number of fused-ring (bicyclic) bond motifs is 1. The van der Waals surface area contributed by atoms with E-state index in [4.69, 9.17) is 9.26 Å². The summed E-state index contributed by atoms with van der Waals surface area (Å²) < 4.78 is 10.8. The zero-order valence-electron chi connectivity index (χ0n) is 13.7. The lowest BCUT2D eigenvalue weighted by Crippen LogP contribution is -2.51. The second-order valence-electron chi connectivity index (χ2n) is 6.12. The van der Waals surface area contributed by atoms with Gasteiger partial charge in [-0.15, -0.1) is 0 Å². The first-order valence-electron chi connectivity index (χ1n) is 8.24. The summed E-state index contributed by atoms with van der Waals surface area (Å²) in [6.45, 7) is 1.99. The Kier molecular flexibility index (Phi) is 4.19. The summed E-state index contributed by atoms with van der Waals surface area (Å²) in [4.78, 5) is 31.9. The van der Waals surface area contributed by atoms with Crippen LogP contribution in [0, 0.1) is 0 Å². The third kappa shape index (κ3) is 3.12. The molecule has 0 aromatic carbocycles. The molecule has 2 aliphatic heterocycles. The highest BCUT2D eigenvalue weighted by Gasteiger charge is 2.34. The molecule has 0 aliphatic carbocycles. The maximum absolute atomic E-state index is 12.8. The van der Waals surface area contributed by atoms with Crippen molar-refractivity contribution in [1.82, 2.24) is 19.9 Å². The molecule has 2 aliphatic rings. The molecule has 0 N–H and O–H groups in total. The van der Waals surface area contributed by atoms with E-state index < -0.39 is 0 Å². The largest absolute Gasteiger partial charge is 0.376 e. The molecule has 0 bridgehead atoms. The average Bonchev–Trinajstić information content (AvgIpc) is 3.05. The molecule has 130 valence electrons. The number of amides is 3. The van der Waals surface area contributed by atoms with Crippen molar-refractivity contribution in [2.75, 3.05) is 13.2 Å². The van der Waals surface area contributed by atoms with Crippen molar-refractivity contribution in [1.29, 1.82) is 0 Å². The third-order valence-corrected chi connectivity index (χ3v) is 4.50. The molecule has 0 radical (unpaired) electrons. The van der Waals surface area contributed by atoms with Crippen molar-refractivity contribution in [3.8, 4) is 0 Å². The summed E-state index contributed by atoms with van der Waals surface area (Å²) in [5, 5.41) is 4.04. The lowest BCUT2D eigenvalue weighted by Gasteiger charge is -2.34. The molecule has 2 aromatic heterocycles. The summed E-state index contributed by atoms with van der Waals surface area (Å²) in [6.07, 6.45) is 4.34. The number of nitrogens with zero attached hydrogens (tertiary/aromatic N) is 4. The van der Waals surface area contributed by atoms with Crippen LogP contribution < -0.4 is 0 Å². The number of carbonyl (C=O) groups excluding carboxylic acids is 2. The summed E-state index contributed by atoms with van der Waals surface area (Å²) in [5.74, 6) is 0.594. The van der Waals surface area contributed by atoms with Crippen LogP contribution >= 0.6 is 0 Å². The fraction of sp³-hybridized carbons (Fsp3) is 0.412. The molecule has 0 unspecified atom stereocenters. The molecule has 0 atom stereocenters. The number of imide groups is 1. The van der Waals surface area contributed by atoms with Gasteiger partial charge in [-0.1, -0.05) is 5.16 Å². The molecule has 0 spiro atoms. The molecule has 0 saturated carbocycles. The zero-order chi connectivity index (χ0) is 17.2. The van der Waals surface area contributed by atoms with Crippen LogP contribution in [0.15, 0.2) is 29.0 Å². The van der Waals surface area contributed by atoms with Crippen LogP contribution in [0.2, 0.25) is 0 Å². The van der Waals surface area contributed by atoms with Gasteiger partial charge in [0.1, 0.15) is 11.5 Å². The van der Waals surface area contributed by atoms with Crippen LogP contribution in [0.25, 0.3) is 0 Å². The number of carbonyl (C=O) groups is 2. The fourth-order valence-corrected chi connectivity index (χ4v) is 3.10. The molecule has 8 nitrogen and oxygen atoms in total. The van der Waals surface area contributed by atoms with E-state index >= 15 is 0 Å². The molecule has 25 heavy (non-hydrogen) atoms. The van der Waals surface area contributed by atoms with Crippen molar-refractivity contribution in [3.63, 3.8) is 0 Å². The van der Waals surface area contributed by atoms with Gasteiger partial charge in [0, 0.05) is 43.9 Å².